The summed E-state index contributed by atoms with van der Waals surface area (Å²) in [7, 11) is 0. The predicted molar refractivity (Wildman–Crippen MR) is 68.0 cm³/mol. The summed E-state index contributed by atoms with van der Waals surface area (Å²) >= 11 is 0. The molecule has 0 amide bonds. The lowest BCUT2D eigenvalue weighted by Gasteiger charge is -2.40. The molecule has 1 atom stereocenters. The highest BCUT2D eigenvalue weighted by Crippen LogP contribution is 2.30. The van der Waals surface area contributed by atoms with Crippen LogP contribution >= 0.6 is 0 Å². The average molecular weight is 238 g/mol. The lowest BCUT2D eigenvalue weighted by atomic mass is 9.83. The van der Waals surface area contributed by atoms with E-state index in [1.807, 2.05) is 19.9 Å². The number of allylic oxidation sites excluding steroid dienone is 2. The molecule has 0 aromatic heterocycles. The molecule has 3 N–H and O–H groups in total. The summed E-state index contributed by atoms with van der Waals surface area (Å²) in [6, 6.07) is 0. The van der Waals surface area contributed by atoms with Gasteiger partial charge in [-0.25, -0.2) is 10.6 Å². The first-order valence-corrected chi connectivity index (χ1v) is 6.12. The fourth-order valence-corrected chi connectivity index (χ4v) is 2.10. The molecule has 0 radical (unpaired) electrons. The number of aliphatic carboxylic acids is 1. The van der Waals surface area contributed by atoms with Crippen LogP contribution in [0, 0.1) is 5.92 Å². The number of nitrogens with two attached hydrogens (primary N) is 1. The van der Waals surface area contributed by atoms with Crippen LogP contribution in [0.5, 0.6) is 0 Å². The highest BCUT2D eigenvalue weighted by Gasteiger charge is 2.44. The van der Waals surface area contributed by atoms with Gasteiger partial charge in [-0.2, -0.15) is 0 Å². The summed E-state index contributed by atoms with van der Waals surface area (Å²) in [5.74, 6) is 4.90. The van der Waals surface area contributed by atoms with Crippen LogP contribution in [0.25, 0.3) is 0 Å². The Bertz CT molecular complexity index is 347. The molecule has 0 saturated heterocycles. The molecule has 1 aliphatic heterocycles. The van der Waals surface area contributed by atoms with Gasteiger partial charge in [0.2, 0.25) is 0 Å². The quantitative estimate of drug-likeness (QED) is 0.721. The normalized spacial score (nSPS) is 24.1. The van der Waals surface area contributed by atoms with E-state index in [1.54, 1.807) is 12.3 Å². The molecule has 4 heteroatoms. The minimum Gasteiger partial charge on any atom is -0.479 e. The van der Waals surface area contributed by atoms with Gasteiger partial charge in [-0.3, -0.25) is 5.01 Å². The zero-order chi connectivity index (χ0) is 13.1. The second-order valence-electron chi connectivity index (χ2n) is 4.83. The molecule has 0 aromatic rings. The van der Waals surface area contributed by atoms with Crippen LogP contribution in [-0.4, -0.2) is 21.6 Å². The molecule has 0 bridgehead atoms. The Kier molecular flexibility index (Phi) is 4.34. The standard InChI is InChI=1S/C13H22N2O2/c1-4-5-6-11-7-8-13(10(2)3,12(16)17)15(14)9-11/h7-10H,4-6,14H2,1-3H3,(H,16,17). The van der Waals surface area contributed by atoms with Crippen molar-refractivity contribution in [3.8, 4) is 0 Å². The molecule has 1 unspecified atom stereocenters. The van der Waals surface area contributed by atoms with Crippen molar-refractivity contribution in [1.82, 2.24) is 5.01 Å². The number of unbranched alkanes of at least 4 members (excludes halogenated alkanes) is 1. The summed E-state index contributed by atoms with van der Waals surface area (Å²) in [5.41, 5.74) is -0.0257. The Balaban J connectivity index is 2.92. The minimum atomic E-state index is -1.12. The molecule has 0 spiro atoms. The number of hydrogen-bond acceptors (Lipinski definition) is 3. The molecule has 0 fully saturated rings. The molecule has 0 aliphatic carbocycles. The Hall–Kier alpha value is -1.29. The van der Waals surface area contributed by atoms with Gasteiger partial charge in [0.05, 0.1) is 0 Å². The smallest absolute Gasteiger partial charge is 0.335 e. The summed E-state index contributed by atoms with van der Waals surface area (Å²) < 4.78 is 0. The molecule has 96 valence electrons. The summed E-state index contributed by atoms with van der Waals surface area (Å²) in [5, 5.41) is 10.7. The Morgan fingerprint density at radius 1 is 1.59 bits per heavy atom. The van der Waals surface area contributed by atoms with Crippen molar-refractivity contribution in [2.45, 2.75) is 45.6 Å². The van der Waals surface area contributed by atoms with Gasteiger partial charge in [0.1, 0.15) is 0 Å². The zero-order valence-corrected chi connectivity index (χ0v) is 10.8. The number of carboxylic acid groups (broad SMARTS) is 1. The molecule has 4 nitrogen and oxygen atoms in total. The van der Waals surface area contributed by atoms with Gasteiger partial charge in [0, 0.05) is 6.20 Å². The number of carbonyl (C=O) groups is 1. The maximum atomic E-state index is 11.4. The van der Waals surface area contributed by atoms with E-state index in [9.17, 15) is 9.90 Å². The highest BCUT2D eigenvalue weighted by molar-refractivity contribution is 5.82. The van der Waals surface area contributed by atoms with Crippen LogP contribution < -0.4 is 5.84 Å². The van der Waals surface area contributed by atoms with Crippen molar-refractivity contribution in [3.63, 3.8) is 0 Å². The molecule has 1 rings (SSSR count). The largest absolute Gasteiger partial charge is 0.479 e. The summed E-state index contributed by atoms with van der Waals surface area (Å²) in [6.07, 6.45) is 8.51. The predicted octanol–water partition coefficient (Wildman–Crippen LogP) is 2.29. The van der Waals surface area contributed by atoms with Crippen molar-refractivity contribution in [2.24, 2.45) is 11.8 Å². The third-order valence-corrected chi connectivity index (χ3v) is 3.33. The fourth-order valence-electron chi connectivity index (χ4n) is 2.10. The van der Waals surface area contributed by atoms with Crippen LogP contribution in [-0.2, 0) is 4.79 Å². The maximum Gasteiger partial charge on any atom is 0.335 e. The molecule has 1 aliphatic rings. The molecular weight excluding hydrogens is 216 g/mol. The zero-order valence-electron chi connectivity index (χ0n) is 10.8. The van der Waals surface area contributed by atoms with Crippen LogP contribution in [0.4, 0.5) is 0 Å². The second kappa shape index (κ2) is 5.36. The van der Waals surface area contributed by atoms with Crippen molar-refractivity contribution in [1.29, 1.82) is 0 Å². The van der Waals surface area contributed by atoms with Gasteiger partial charge in [-0.15, -0.1) is 0 Å². The lowest BCUT2D eigenvalue weighted by Crippen LogP contribution is -2.58. The van der Waals surface area contributed by atoms with E-state index < -0.39 is 11.5 Å². The van der Waals surface area contributed by atoms with E-state index in [-0.39, 0.29) is 5.92 Å². The van der Waals surface area contributed by atoms with Crippen molar-refractivity contribution < 1.29 is 9.90 Å². The van der Waals surface area contributed by atoms with Crippen molar-refractivity contribution >= 4 is 5.97 Å². The molecular formula is C13H22N2O2. The van der Waals surface area contributed by atoms with Crippen LogP contribution in [0.2, 0.25) is 0 Å². The molecule has 0 saturated carbocycles. The van der Waals surface area contributed by atoms with Gasteiger partial charge in [0.25, 0.3) is 0 Å². The van der Waals surface area contributed by atoms with E-state index in [0.29, 0.717) is 0 Å². The monoisotopic (exact) mass is 238 g/mol. The minimum absolute atomic E-state index is 0.0924. The number of hydrazine groups is 1. The Morgan fingerprint density at radius 2 is 2.24 bits per heavy atom. The van der Waals surface area contributed by atoms with Gasteiger partial charge in [-0.05, 0) is 30.4 Å². The van der Waals surface area contributed by atoms with E-state index in [1.165, 1.54) is 5.01 Å². The first kappa shape index (κ1) is 13.8. The van der Waals surface area contributed by atoms with Crippen molar-refractivity contribution in [2.75, 3.05) is 0 Å². The Labute approximate surface area is 103 Å². The fraction of sp³-hybridized carbons (Fsp3) is 0.615. The van der Waals surface area contributed by atoms with Crippen LogP contribution in [0.3, 0.4) is 0 Å². The number of carboxylic acids is 1. The van der Waals surface area contributed by atoms with Crippen molar-refractivity contribution in [3.05, 3.63) is 23.9 Å². The van der Waals surface area contributed by atoms with Gasteiger partial charge in [-0.1, -0.05) is 33.3 Å². The van der Waals surface area contributed by atoms with Gasteiger partial charge < -0.3 is 5.11 Å². The Morgan fingerprint density at radius 3 is 2.65 bits per heavy atom. The molecule has 0 aromatic carbocycles. The lowest BCUT2D eigenvalue weighted by molar-refractivity contribution is -0.149. The number of nitrogens with zero attached hydrogens (tertiary/aromatic N) is 1. The molecule has 17 heavy (non-hydrogen) atoms. The summed E-state index contributed by atoms with van der Waals surface area (Å²) in [6.45, 7) is 5.86. The first-order chi connectivity index (χ1) is 7.95. The third kappa shape index (κ3) is 2.52. The highest BCUT2D eigenvalue weighted by atomic mass is 16.4. The van der Waals surface area contributed by atoms with E-state index >= 15 is 0 Å². The molecule has 1 heterocycles. The van der Waals surface area contributed by atoms with E-state index in [4.69, 9.17) is 5.84 Å². The van der Waals surface area contributed by atoms with Gasteiger partial charge >= 0.3 is 5.97 Å². The average Bonchev–Trinajstić information content (AvgIpc) is 2.25. The maximum absolute atomic E-state index is 11.4. The van der Waals surface area contributed by atoms with Gasteiger partial charge in [0.15, 0.2) is 5.54 Å². The second-order valence-corrected chi connectivity index (χ2v) is 4.83. The first-order valence-electron chi connectivity index (χ1n) is 6.12. The van der Waals surface area contributed by atoms with Crippen LogP contribution in [0.1, 0.15) is 40.0 Å². The number of rotatable bonds is 5. The number of hydrogen-bond donors (Lipinski definition) is 2. The van der Waals surface area contributed by atoms with E-state index in [2.05, 4.69) is 6.92 Å². The van der Waals surface area contributed by atoms with Crippen LogP contribution in [0.15, 0.2) is 23.9 Å². The topological polar surface area (TPSA) is 66.6 Å². The summed E-state index contributed by atoms with van der Waals surface area (Å²) in [4.78, 5) is 11.4. The third-order valence-electron chi connectivity index (χ3n) is 3.33. The van der Waals surface area contributed by atoms with E-state index in [0.717, 1.165) is 24.8 Å². The SMILES string of the molecule is CCCCC1=CN(N)C(C(=O)O)(C(C)C)C=C1.